The van der Waals surface area contributed by atoms with Crippen molar-refractivity contribution in [1.29, 1.82) is 0 Å². The van der Waals surface area contributed by atoms with Gasteiger partial charge in [-0.05, 0) is 68.0 Å². The number of benzene rings is 2. The number of hydrogen-bond acceptors (Lipinski definition) is 4. The third-order valence-electron chi connectivity index (χ3n) is 5.08. The molecule has 33 heavy (non-hydrogen) atoms. The molecule has 2 heterocycles. The average Bonchev–Trinajstić information content (AvgIpc) is 3.21. The highest BCUT2D eigenvalue weighted by Gasteiger charge is 2.35. The topological polar surface area (TPSA) is 62.6 Å². The van der Waals surface area contributed by atoms with Crippen LogP contribution in [0.5, 0.6) is 0 Å². The van der Waals surface area contributed by atoms with Crippen LogP contribution in [0.1, 0.15) is 22.5 Å². The molecule has 168 valence electrons. The molecule has 0 bridgehead atoms. The fourth-order valence-corrected chi connectivity index (χ4v) is 3.78. The summed E-state index contributed by atoms with van der Waals surface area (Å²) in [4.78, 5) is 26.9. The summed E-state index contributed by atoms with van der Waals surface area (Å²) >= 11 is 5.21. The molecule has 0 spiro atoms. The van der Waals surface area contributed by atoms with Crippen LogP contribution < -0.4 is 10.2 Å². The summed E-state index contributed by atoms with van der Waals surface area (Å²) in [5.74, 6) is -1.02. The summed E-state index contributed by atoms with van der Waals surface area (Å²) < 4.78 is 44.6. The number of anilines is 1. The van der Waals surface area contributed by atoms with E-state index < -0.39 is 23.6 Å². The molecule has 9 heteroatoms. The zero-order valence-corrected chi connectivity index (χ0v) is 18.3. The first-order chi connectivity index (χ1) is 15.5. The van der Waals surface area contributed by atoms with Crippen molar-refractivity contribution in [2.45, 2.75) is 20.0 Å². The quantitative estimate of drug-likeness (QED) is 0.316. The molecule has 0 saturated carbocycles. The van der Waals surface area contributed by atoms with E-state index >= 15 is 0 Å². The molecule has 0 atom stereocenters. The second-order valence-corrected chi connectivity index (χ2v) is 7.92. The maximum Gasteiger partial charge on any atom is 0.416 e. The molecule has 1 aliphatic rings. The highest BCUT2D eigenvalue weighted by atomic mass is 32.1. The molecule has 1 aromatic heterocycles. The summed E-state index contributed by atoms with van der Waals surface area (Å²) in [6.45, 7) is 3.74. The second kappa shape index (κ2) is 8.32. The lowest BCUT2D eigenvalue weighted by molar-refractivity contribution is -0.137. The number of carbonyl (C=O) groups excluding carboxylic acids is 2. The molecule has 0 aliphatic carbocycles. The van der Waals surface area contributed by atoms with Gasteiger partial charge < -0.3 is 4.42 Å². The number of halogens is 3. The third kappa shape index (κ3) is 4.45. The predicted molar refractivity (Wildman–Crippen MR) is 121 cm³/mol. The summed E-state index contributed by atoms with van der Waals surface area (Å²) in [6.07, 6.45) is -3.25. The summed E-state index contributed by atoms with van der Waals surface area (Å²) in [5.41, 5.74) is 1.53. The van der Waals surface area contributed by atoms with E-state index in [9.17, 15) is 22.8 Å². The monoisotopic (exact) mass is 470 g/mol. The van der Waals surface area contributed by atoms with Gasteiger partial charge in [0, 0.05) is 5.56 Å². The van der Waals surface area contributed by atoms with Gasteiger partial charge in [-0.2, -0.15) is 13.2 Å². The van der Waals surface area contributed by atoms with Gasteiger partial charge >= 0.3 is 6.18 Å². The van der Waals surface area contributed by atoms with Gasteiger partial charge in [0.1, 0.15) is 17.1 Å². The number of alkyl halides is 3. The standard InChI is InChI=1S/C24H17F3N2O3S/c1-13-6-8-19(14(2)10-13)29-22(31)18(21(30)28-23(29)33)12-17-7-9-20(32-17)15-4-3-5-16(11-15)24(25,26)27/h3-12H,1-2H3,(H,28,30,33)/b18-12+. The molecule has 1 saturated heterocycles. The van der Waals surface area contributed by atoms with E-state index in [4.69, 9.17) is 16.6 Å². The first-order valence-corrected chi connectivity index (χ1v) is 10.2. The van der Waals surface area contributed by atoms with Crippen molar-refractivity contribution in [3.63, 3.8) is 0 Å². The number of rotatable bonds is 3. The number of aryl methyl sites for hydroxylation is 2. The van der Waals surface area contributed by atoms with Crippen LogP contribution in [0.15, 0.2) is 64.6 Å². The van der Waals surface area contributed by atoms with Gasteiger partial charge in [-0.25, -0.2) is 0 Å². The Hall–Kier alpha value is -3.72. The molecule has 2 aromatic carbocycles. The van der Waals surface area contributed by atoms with Gasteiger partial charge in [0.2, 0.25) is 0 Å². The Morgan fingerprint density at radius 2 is 1.79 bits per heavy atom. The highest BCUT2D eigenvalue weighted by Crippen LogP contribution is 2.33. The summed E-state index contributed by atoms with van der Waals surface area (Å²) in [6, 6.07) is 13.1. The van der Waals surface area contributed by atoms with Gasteiger partial charge in [0.15, 0.2) is 5.11 Å². The number of nitrogens with one attached hydrogen (secondary N) is 1. The van der Waals surface area contributed by atoms with Gasteiger partial charge in [0.25, 0.3) is 11.8 Å². The molecule has 3 aromatic rings. The molecular formula is C24H17F3N2O3S. The van der Waals surface area contributed by atoms with Crippen molar-refractivity contribution in [1.82, 2.24) is 5.32 Å². The van der Waals surface area contributed by atoms with Crippen molar-refractivity contribution in [3.8, 4) is 11.3 Å². The molecule has 1 N–H and O–H groups in total. The average molecular weight is 470 g/mol. The maximum atomic E-state index is 13.2. The molecule has 5 nitrogen and oxygen atoms in total. The smallest absolute Gasteiger partial charge is 0.416 e. The van der Waals surface area contributed by atoms with Gasteiger partial charge in [-0.1, -0.05) is 29.8 Å². The van der Waals surface area contributed by atoms with E-state index in [1.54, 1.807) is 6.07 Å². The van der Waals surface area contributed by atoms with E-state index in [1.807, 2.05) is 26.0 Å². The van der Waals surface area contributed by atoms with Crippen molar-refractivity contribution in [2.75, 3.05) is 4.90 Å². The summed E-state index contributed by atoms with van der Waals surface area (Å²) in [5, 5.41) is 2.45. The van der Waals surface area contributed by atoms with Crippen molar-refractivity contribution >= 4 is 40.9 Å². The highest BCUT2D eigenvalue weighted by molar-refractivity contribution is 7.80. The molecule has 1 aliphatic heterocycles. The van der Waals surface area contributed by atoms with Crippen LogP contribution in [-0.4, -0.2) is 16.9 Å². The van der Waals surface area contributed by atoms with Crippen molar-refractivity contribution < 1.29 is 27.2 Å². The minimum atomic E-state index is -4.49. The van der Waals surface area contributed by atoms with Crippen LogP contribution in [0.25, 0.3) is 17.4 Å². The van der Waals surface area contributed by atoms with E-state index in [1.165, 1.54) is 35.2 Å². The second-order valence-electron chi connectivity index (χ2n) is 7.53. The van der Waals surface area contributed by atoms with E-state index in [-0.39, 0.29) is 27.8 Å². The Balaban J connectivity index is 1.68. The number of furan rings is 1. The Bertz CT molecular complexity index is 1320. The lowest BCUT2D eigenvalue weighted by Crippen LogP contribution is -2.54. The molecule has 0 radical (unpaired) electrons. The van der Waals surface area contributed by atoms with Crippen LogP contribution in [0.2, 0.25) is 0 Å². The van der Waals surface area contributed by atoms with Crippen LogP contribution in [0.4, 0.5) is 18.9 Å². The van der Waals surface area contributed by atoms with E-state index in [2.05, 4.69) is 5.32 Å². The number of hydrogen-bond donors (Lipinski definition) is 1. The number of thiocarbonyl (C=S) groups is 1. The van der Waals surface area contributed by atoms with Crippen LogP contribution in [0, 0.1) is 13.8 Å². The fourth-order valence-electron chi connectivity index (χ4n) is 3.51. The van der Waals surface area contributed by atoms with Crippen LogP contribution in [-0.2, 0) is 15.8 Å². The zero-order chi connectivity index (χ0) is 23.9. The Kier molecular flexibility index (Phi) is 5.67. The zero-order valence-electron chi connectivity index (χ0n) is 17.5. The molecule has 1 fully saturated rings. The number of amides is 2. The minimum Gasteiger partial charge on any atom is -0.457 e. The number of nitrogens with zero attached hydrogens (tertiary/aromatic N) is 1. The summed E-state index contributed by atoms with van der Waals surface area (Å²) in [7, 11) is 0. The van der Waals surface area contributed by atoms with E-state index in [0.717, 1.165) is 23.3 Å². The maximum absolute atomic E-state index is 13.2. The van der Waals surface area contributed by atoms with Crippen LogP contribution in [0.3, 0.4) is 0 Å². The first kappa shape index (κ1) is 22.5. The molecular weight excluding hydrogens is 453 g/mol. The SMILES string of the molecule is Cc1ccc(N2C(=O)/C(=C/c3ccc(-c4cccc(C(F)(F)F)c4)o3)C(=O)NC2=S)c(C)c1. The van der Waals surface area contributed by atoms with Crippen LogP contribution >= 0.6 is 12.2 Å². The normalized spacial score (nSPS) is 15.8. The largest absolute Gasteiger partial charge is 0.457 e. The Morgan fingerprint density at radius 3 is 2.48 bits per heavy atom. The number of carbonyl (C=O) groups is 2. The minimum absolute atomic E-state index is 0.0433. The Labute approximate surface area is 192 Å². The molecule has 0 unspecified atom stereocenters. The lowest BCUT2D eigenvalue weighted by Gasteiger charge is -2.30. The Morgan fingerprint density at radius 1 is 1.03 bits per heavy atom. The first-order valence-electron chi connectivity index (χ1n) is 9.81. The fraction of sp³-hybridized carbons (Fsp3) is 0.125. The molecule has 2 amide bonds. The van der Waals surface area contributed by atoms with Gasteiger partial charge in [0.05, 0.1) is 11.3 Å². The van der Waals surface area contributed by atoms with Gasteiger partial charge in [-0.15, -0.1) is 0 Å². The van der Waals surface area contributed by atoms with Crippen molar-refractivity contribution in [3.05, 3.63) is 82.6 Å². The van der Waals surface area contributed by atoms with E-state index in [0.29, 0.717) is 5.69 Å². The predicted octanol–water partition coefficient (Wildman–Crippen LogP) is 5.41. The third-order valence-corrected chi connectivity index (χ3v) is 5.37. The molecule has 4 rings (SSSR count). The lowest BCUT2D eigenvalue weighted by atomic mass is 10.1. The van der Waals surface area contributed by atoms with Crippen molar-refractivity contribution in [2.24, 2.45) is 0 Å². The van der Waals surface area contributed by atoms with Gasteiger partial charge in [-0.3, -0.25) is 19.8 Å².